The minimum Gasteiger partial charge on any atom is -0.497 e. The molecule has 0 unspecified atom stereocenters. The highest BCUT2D eigenvalue weighted by Gasteiger charge is 2.15. The largest absolute Gasteiger partial charge is 0.497 e. The van der Waals surface area contributed by atoms with Crippen molar-refractivity contribution in [3.05, 3.63) is 53.9 Å². The standard InChI is InChI=1S/C15H13N3O2/c1-18(12-4-3-5-13(8-12)20-2)15(19)14-7-6-11(9-16)10-17-14/h3-8,10H,1-2H3. The second kappa shape index (κ2) is 5.85. The van der Waals surface area contributed by atoms with Crippen LogP contribution >= 0.6 is 0 Å². The number of ether oxygens (including phenoxy) is 1. The smallest absolute Gasteiger partial charge is 0.276 e. The summed E-state index contributed by atoms with van der Waals surface area (Å²) in [4.78, 5) is 17.8. The molecule has 1 aromatic carbocycles. The van der Waals surface area contributed by atoms with Gasteiger partial charge in [0, 0.05) is 25.0 Å². The normalized spacial score (nSPS) is 9.65. The first-order valence-corrected chi connectivity index (χ1v) is 5.94. The summed E-state index contributed by atoms with van der Waals surface area (Å²) in [6, 6.07) is 12.3. The Bertz CT molecular complexity index is 660. The SMILES string of the molecule is COc1cccc(N(C)C(=O)c2ccc(C#N)cn2)c1. The molecular formula is C15H13N3O2. The van der Waals surface area contributed by atoms with Gasteiger partial charge in [-0.3, -0.25) is 4.79 Å². The Morgan fingerprint density at radius 1 is 1.35 bits per heavy atom. The monoisotopic (exact) mass is 267 g/mol. The first kappa shape index (κ1) is 13.6. The summed E-state index contributed by atoms with van der Waals surface area (Å²) in [5.74, 6) is 0.428. The molecule has 5 heteroatoms. The summed E-state index contributed by atoms with van der Waals surface area (Å²) in [7, 11) is 3.24. The fraction of sp³-hybridized carbons (Fsp3) is 0.133. The van der Waals surface area contributed by atoms with E-state index in [1.807, 2.05) is 24.3 Å². The zero-order valence-corrected chi connectivity index (χ0v) is 11.2. The van der Waals surface area contributed by atoms with E-state index in [9.17, 15) is 4.79 Å². The molecular weight excluding hydrogens is 254 g/mol. The Hall–Kier alpha value is -2.87. The van der Waals surface area contributed by atoms with Crippen LogP contribution < -0.4 is 9.64 Å². The number of carbonyl (C=O) groups excluding carboxylic acids is 1. The van der Waals surface area contributed by atoms with Crippen LogP contribution in [0.4, 0.5) is 5.69 Å². The number of amides is 1. The van der Waals surface area contributed by atoms with Crippen LogP contribution in [0.25, 0.3) is 0 Å². The number of nitriles is 1. The van der Waals surface area contributed by atoms with E-state index in [1.165, 1.54) is 17.2 Å². The molecule has 0 bridgehead atoms. The van der Waals surface area contributed by atoms with Gasteiger partial charge in [-0.25, -0.2) is 4.98 Å². The van der Waals surface area contributed by atoms with E-state index < -0.39 is 0 Å². The number of pyridine rings is 1. The summed E-state index contributed by atoms with van der Waals surface area (Å²) < 4.78 is 5.13. The zero-order valence-electron chi connectivity index (χ0n) is 11.2. The van der Waals surface area contributed by atoms with Crippen molar-refractivity contribution < 1.29 is 9.53 Å². The van der Waals surface area contributed by atoms with Crippen molar-refractivity contribution in [2.75, 3.05) is 19.1 Å². The van der Waals surface area contributed by atoms with Crippen molar-refractivity contribution in [3.8, 4) is 11.8 Å². The molecule has 0 atom stereocenters. The maximum absolute atomic E-state index is 12.3. The summed E-state index contributed by atoms with van der Waals surface area (Å²) in [6.07, 6.45) is 1.38. The van der Waals surface area contributed by atoms with E-state index in [1.54, 1.807) is 26.3 Å². The summed E-state index contributed by atoms with van der Waals surface area (Å²) in [6.45, 7) is 0. The van der Waals surface area contributed by atoms with Crippen LogP contribution in [0.2, 0.25) is 0 Å². The molecule has 1 aromatic heterocycles. The van der Waals surface area contributed by atoms with E-state index in [2.05, 4.69) is 4.98 Å². The van der Waals surface area contributed by atoms with Gasteiger partial charge in [0.2, 0.25) is 0 Å². The highest BCUT2D eigenvalue weighted by molar-refractivity contribution is 6.04. The molecule has 0 fully saturated rings. The van der Waals surface area contributed by atoms with Gasteiger partial charge in [-0.2, -0.15) is 5.26 Å². The van der Waals surface area contributed by atoms with Crippen LogP contribution in [0.15, 0.2) is 42.6 Å². The second-order valence-electron chi connectivity index (χ2n) is 4.11. The van der Waals surface area contributed by atoms with E-state index in [0.29, 0.717) is 17.0 Å². The van der Waals surface area contributed by atoms with E-state index in [-0.39, 0.29) is 11.6 Å². The maximum atomic E-state index is 12.3. The molecule has 0 aliphatic heterocycles. The molecule has 1 heterocycles. The van der Waals surface area contributed by atoms with Gasteiger partial charge in [0.1, 0.15) is 17.5 Å². The zero-order chi connectivity index (χ0) is 14.5. The minimum atomic E-state index is -0.247. The Kier molecular flexibility index (Phi) is 3.96. The van der Waals surface area contributed by atoms with Crippen molar-refractivity contribution in [1.29, 1.82) is 5.26 Å². The highest BCUT2D eigenvalue weighted by Crippen LogP contribution is 2.21. The number of aromatic nitrogens is 1. The van der Waals surface area contributed by atoms with Gasteiger partial charge in [0.05, 0.1) is 12.7 Å². The van der Waals surface area contributed by atoms with Gasteiger partial charge >= 0.3 is 0 Å². The molecule has 1 amide bonds. The third-order valence-electron chi connectivity index (χ3n) is 2.86. The van der Waals surface area contributed by atoms with E-state index in [0.717, 1.165) is 0 Å². The molecule has 0 N–H and O–H groups in total. The minimum absolute atomic E-state index is 0.247. The first-order valence-electron chi connectivity index (χ1n) is 5.94. The van der Waals surface area contributed by atoms with Gasteiger partial charge in [-0.1, -0.05) is 6.07 Å². The number of hydrogen-bond donors (Lipinski definition) is 0. The summed E-state index contributed by atoms with van der Waals surface area (Å²) in [5.41, 5.74) is 1.42. The average molecular weight is 267 g/mol. The lowest BCUT2D eigenvalue weighted by atomic mass is 10.2. The van der Waals surface area contributed by atoms with Gasteiger partial charge in [-0.15, -0.1) is 0 Å². The van der Waals surface area contributed by atoms with Crippen molar-refractivity contribution in [2.45, 2.75) is 0 Å². The fourth-order valence-electron chi connectivity index (χ4n) is 1.69. The van der Waals surface area contributed by atoms with Gasteiger partial charge in [-0.05, 0) is 24.3 Å². The van der Waals surface area contributed by atoms with Crippen LogP contribution in [0, 0.1) is 11.3 Å². The lowest BCUT2D eigenvalue weighted by Crippen LogP contribution is -2.27. The second-order valence-corrected chi connectivity index (χ2v) is 4.11. The molecule has 2 aromatic rings. The molecule has 2 rings (SSSR count). The predicted octanol–water partition coefficient (Wildman–Crippen LogP) is 2.24. The van der Waals surface area contributed by atoms with Crippen molar-refractivity contribution >= 4 is 11.6 Å². The van der Waals surface area contributed by atoms with Gasteiger partial charge < -0.3 is 9.64 Å². The molecule has 20 heavy (non-hydrogen) atoms. The molecule has 5 nitrogen and oxygen atoms in total. The van der Waals surface area contributed by atoms with Crippen LogP contribution in [0.5, 0.6) is 5.75 Å². The maximum Gasteiger partial charge on any atom is 0.276 e. The third-order valence-corrected chi connectivity index (χ3v) is 2.86. The Labute approximate surface area is 117 Å². The van der Waals surface area contributed by atoms with Gasteiger partial charge in [0.25, 0.3) is 5.91 Å². The molecule has 100 valence electrons. The Balaban J connectivity index is 2.25. The first-order chi connectivity index (χ1) is 9.65. The number of anilines is 1. The molecule has 0 saturated heterocycles. The average Bonchev–Trinajstić information content (AvgIpc) is 2.53. The topological polar surface area (TPSA) is 66.2 Å². The highest BCUT2D eigenvalue weighted by atomic mass is 16.5. The number of hydrogen-bond acceptors (Lipinski definition) is 4. The van der Waals surface area contributed by atoms with Crippen LogP contribution in [-0.2, 0) is 0 Å². The predicted molar refractivity (Wildman–Crippen MR) is 74.7 cm³/mol. The lowest BCUT2D eigenvalue weighted by Gasteiger charge is -2.17. The van der Waals surface area contributed by atoms with Crippen molar-refractivity contribution in [1.82, 2.24) is 4.98 Å². The molecule has 0 aliphatic rings. The Morgan fingerprint density at radius 2 is 2.15 bits per heavy atom. The number of rotatable bonds is 3. The summed E-state index contributed by atoms with van der Waals surface area (Å²) >= 11 is 0. The molecule has 0 spiro atoms. The van der Waals surface area contributed by atoms with Crippen LogP contribution in [0.3, 0.4) is 0 Å². The van der Waals surface area contributed by atoms with E-state index >= 15 is 0 Å². The number of carbonyl (C=O) groups is 1. The number of benzene rings is 1. The summed E-state index contributed by atoms with van der Waals surface area (Å²) in [5, 5.41) is 8.71. The molecule has 0 saturated carbocycles. The molecule has 0 radical (unpaired) electrons. The van der Waals surface area contributed by atoms with Crippen molar-refractivity contribution in [2.24, 2.45) is 0 Å². The number of methoxy groups -OCH3 is 1. The van der Waals surface area contributed by atoms with Crippen LogP contribution in [-0.4, -0.2) is 25.0 Å². The fourth-order valence-corrected chi connectivity index (χ4v) is 1.69. The quantitative estimate of drug-likeness (QED) is 0.855. The number of nitrogens with zero attached hydrogens (tertiary/aromatic N) is 3. The Morgan fingerprint density at radius 3 is 2.75 bits per heavy atom. The van der Waals surface area contributed by atoms with Crippen LogP contribution in [0.1, 0.15) is 16.1 Å². The molecule has 0 aliphatic carbocycles. The van der Waals surface area contributed by atoms with Crippen molar-refractivity contribution in [3.63, 3.8) is 0 Å². The third kappa shape index (κ3) is 2.75. The van der Waals surface area contributed by atoms with Gasteiger partial charge in [0.15, 0.2) is 0 Å². The van der Waals surface area contributed by atoms with E-state index in [4.69, 9.17) is 10.00 Å². The lowest BCUT2D eigenvalue weighted by molar-refractivity contribution is 0.0988.